The van der Waals surface area contributed by atoms with Gasteiger partial charge in [-0.1, -0.05) is 194 Å². The number of carbonyl (C=O) groups is 3. The van der Waals surface area contributed by atoms with Crippen LogP contribution in [-0.2, 0) is 28.6 Å². The van der Waals surface area contributed by atoms with E-state index in [1.165, 1.54) is 44.9 Å². The van der Waals surface area contributed by atoms with Gasteiger partial charge in [-0.3, -0.25) is 14.4 Å². The highest BCUT2D eigenvalue weighted by molar-refractivity contribution is 5.71. The predicted octanol–water partition coefficient (Wildman–Crippen LogP) is 14.0. The zero-order valence-corrected chi connectivity index (χ0v) is 35.6. The number of hydrogen-bond donors (Lipinski definition) is 0. The summed E-state index contributed by atoms with van der Waals surface area (Å²) in [5.41, 5.74) is 0. The number of allylic oxidation sites excluding steroid dienone is 18. The molecule has 0 aliphatic rings. The zero-order valence-electron chi connectivity index (χ0n) is 35.6. The Morgan fingerprint density at radius 1 is 0.393 bits per heavy atom. The van der Waals surface area contributed by atoms with Gasteiger partial charge in [-0.15, -0.1) is 0 Å². The third-order valence-electron chi connectivity index (χ3n) is 8.68. The molecule has 1 atom stereocenters. The molecule has 1 unspecified atom stereocenters. The number of esters is 3. The summed E-state index contributed by atoms with van der Waals surface area (Å²) in [7, 11) is 0. The minimum atomic E-state index is -0.820. The first kappa shape index (κ1) is 52.1. The van der Waals surface area contributed by atoms with Crippen LogP contribution in [0.1, 0.15) is 168 Å². The van der Waals surface area contributed by atoms with Crippen molar-refractivity contribution in [1.29, 1.82) is 0 Å². The summed E-state index contributed by atoms with van der Waals surface area (Å²) < 4.78 is 16.6. The van der Waals surface area contributed by atoms with Crippen molar-refractivity contribution in [1.82, 2.24) is 0 Å². The van der Waals surface area contributed by atoms with Crippen molar-refractivity contribution in [3.8, 4) is 0 Å². The Morgan fingerprint density at radius 3 is 1.34 bits per heavy atom. The van der Waals surface area contributed by atoms with Crippen LogP contribution in [0.3, 0.4) is 0 Å². The molecule has 0 amide bonds. The van der Waals surface area contributed by atoms with Crippen molar-refractivity contribution in [3.05, 3.63) is 109 Å². The molecule has 0 radical (unpaired) electrons. The molecule has 6 heteroatoms. The first-order valence-electron chi connectivity index (χ1n) is 22.0. The van der Waals surface area contributed by atoms with Crippen molar-refractivity contribution in [2.45, 2.75) is 175 Å². The second kappa shape index (κ2) is 43.8. The molecule has 0 bridgehead atoms. The lowest BCUT2D eigenvalue weighted by atomic mass is 10.1. The molecule has 0 heterocycles. The normalized spacial score (nSPS) is 13.1. The topological polar surface area (TPSA) is 78.9 Å². The Labute approximate surface area is 342 Å². The summed E-state index contributed by atoms with van der Waals surface area (Å²) in [4.78, 5) is 37.6. The van der Waals surface area contributed by atoms with Gasteiger partial charge in [-0.2, -0.15) is 0 Å². The van der Waals surface area contributed by atoms with Gasteiger partial charge in [0.05, 0.1) is 0 Å². The van der Waals surface area contributed by atoms with Gasteiger partial charge in [-0.05, 0) is 64.2 Å². The maximum absolute atomic E-state index is 12.7. The van der Waals surface area contributed by atoms with Crippen molar-refractivity contribution in [2.75, 3.05) is 13.2 Å². The quantitative estimate of drug-likeness (QED) is 0.0206. The van der Waals surface area contributed by atoms with E-state index in [1.807, 2.05) is 60.8 Å². The molecule has 0 aromatic carbocycles. The Morgan fingerprint density at radius 2 is 0.804 bits per heavy atom. The Balaban J connectivity index is 4.54. The van der Waals surface area contributed by atoms with Crippen LogP contribution in [0, 0.1) is 0 Å². The van der Waals surface area contributed by atoms with E-state index in [-0.39, 0.29) is 37.5 Å². The van der Waals surface area contributed by atoms with Crippen LogP contribution in [0.25, 0.3) is 0 Å². The molecule has 0 aromatic rings. The zero-order chi connectivity index (χ0) is 40.8. The number of rotatable bonds is 37. The van der Waals surface area contributed by atoms with Gasteiger partial charge in [0.2, 0.25) is 0 Å². The fourth-order valence-corrected chi connectivity index (χ4v) is 5.44. The second-order valence-corrected chi connectivity index (χ2v) is 14.0. The fraction of sp³-hybridized carbons (Fsp3) is 0.580. The maximum atomic E-state index is 12.7. The van der Waals surface area contributed by atoms with Gasteiger partial charge in [0.1, 0.15) is 13.2 Å². The van der Waals surface area contributed by atoms with Gasteiger partial charge in [-0.25, -0.2) is 0 Å². The van der Waals surface area contributed by atoms with E-state index in [4.69, 9.17) is 14.2 Å². The standard InChI is InChI=1S/C50H78O6/c1-4-7-10-13-16-19-22-23-24-25-26-27-29-31-34-37-40-43-49(52)55-46-47(45-54-48(51)42-39-36-33-30-21-18-15-12-9-6-3)56-50(53)44-41-38-35-32-28-20-17-14-11-8-5-2/h7-8,10-11,13,16-17,19-20,22-27,29,32,35,47H,4-6,9,12,14-15,18,21,28,30-31,33-34,36-46H2,1-3H3/b10-7-,11-8-,16-13-,20-17-,22-19-,24-23-,26-25+,29-27-,35-32-. The van der Waals surface area contributed by atoms with Crippen LogP contribution < -0.4 is 0 Å². The molecule has 314 valence electrons. The third-order valence-corrected chi connectivity index (χ3v) is 8.68. The van der Waals surface area contributed by atoms with Gasteiger partial charge >= 0.3 is 17.9 Å². The van der Waals surface area contributed by atoms with Gasteiger partial charge in [0.25, 0.3) is 0 Å². The molecule has 0 aliphatic carbocycles. The lowest BCUT2D eigenvalue weighted by molar-refractivity contribution is -0.167. The number of unbranched alkanes of at least 4 members (excludes halogenated alkanes) is 13. The molecule has 0 N–H and O–H groups in total. The lowest BCUT2D eigenvalue weighted by Crippen LogP contribution is -2.30. The van der Waals surface area contributed by atoms with E-state index in [0.29, 0.717) is 19.3 Å². The van der Waals surface area contributed by atoms with Crippen molar-refractivity contribution in [3.63, 3.8) is 0 Å². The van der Waals surface area contributed by atoms with Gasteiger partial charge < -0.3 is 14.2 Å². The van der Waals surface area contributed by atoms with Crippen LogP contribution in [0.15, 0.2) is 109 Å². The van der Waals surface area contributed by atoms with E-state index in [1.54, 1.807) is 0 Å². The molecule has 0 fully saturated rings. The molecular formula is C50H78O6. The van der Waals surface area contributed by atoms with Crippen LogP contribution in [0.4, 0.5) is 0 Å². The molecule has 0 aliphatic heterocycles. The summed E-state index contributed by atoms with van der Waals surface area (Å²) in [6.07, 6.45) is 57.9. The van der Waals surface area contributed by atoms with Crippen molar-refractivity contribution < 1.29 is 28.6 Å². The van der Waals surface area contributed by atoms with Crippen LogP contribution in [-0.4, -0.2) is 37.2 Å². The summed E-state index contributed by atoms with van der Waals surface area (Å²) in [6.45, 7) is 6.24. The third kappa shape index (κ3) is 41.2. The maximum Gasteiger partial charge on any atom is 0.306 e. The van der Waals surface area contributed by atoms with E-state index in [9.17, 15) is 14.4 Å². The van der Waals surface area contributed by atoms with Crippen LogP contribution in [0.5, 0.6) is 0 Å². The second-order valence-electron chi connectivity index (χ2n) is 14.0. The monoisotopic (exact) mass is 775 g/mol. The van der Waals surface area contributed by atoms with E-state index >= 15 is 0 Å². The Hall–Kier alpha value is -3.93. The molecule has 6 nitrogen and oxygen atoms in total. The average molecular weight is 775 g/mol. The highest BCUT2D eigenvalue weighted by atomic mass is 16.6. The van der Waals surface area contributed by atoms with Gasteiger partial charge in [0.15, 0.2) is 6.10 Å². The molecule has 0 aromatic heterocycles. The van der Waals surface area contributed by atoms with Crippen LogP contribution in [0.2, 0.25) is 0 Å². The highest BCUT2D eigenvalue weighted by Crippen LogP contribution is 2.12. The first-order valence-corrected chi connectivity index (χ1v) is 22.0. The van der Waals surface area contributed by atoms with Crippen molar-refractivity contribution in [2.24, 2.45) is 0 Å². The highest BCUT2D eigenvalue weighted by Gasteiger charge is 2.19. The minimum Gasteiger partial charge on any atom is -0.462 e. The summed E-state index contributed by atoms with van der Waals surface area (Å²) in [6, 6.07) is 0. The number of carbonyl (C=O) groups excluding carboxylic acids is 3. The van der Waals surface area contributed by atoms with Crippen LogP contribution >= 0.6 is 0 Å². The Bertz CT molecular complexity index is 1210. The van der Waals surface area contributed by atoms with E-state index in [0.717, 1.165) is 77.0 Å². The first-order chi connectivity index (χ1) is 27.5. The summed E-state index contributed by atoms with van der Waals surface area (Å²) in [5.74, 6) is -1.03. The van der Waals surface area contributed by atoms with E-state index < -0.39 is 6.10 Å². The van der Waals surface area contributed by atoms with Gasteiger partial charge in [0, 0.05) is 19.3 Å². The Kier molecular flexibility index (Phi) is 40.7. The van der Waals surface area contributed by atoms with E-state index in [2.05, 4.69) is 69.4 Å². The molecule has 0 rings (SSSR count). The lowest BCUT2D eigenvalue weighted by Gasteiger charge is -2.18. The summed E-state index contributed by atoms with van der Waals surface area (Å²) in [5, 5.41) is 0. The fourth-order valence-electron chi connectivity index (χ4n) is 5.44. The largest absolute Gasteiger partial charge is 0.462 e. The number of ether oxygens (including phenoxy) is 3. The molecule has 56 heavy (non-hydrogen) atoms. The minimum absolute atomic E-state index is 0.114. The smallest absolute Gasteiger partial charge is 0.306 e. The molecular weight excluding hydrogens is 697 g/mol. The SMILES string of the molecule is CC\C=C/C=C\C=C/C=C\C=C\C=C/CCCCCC(=O)OCC(COC(=O)CCCCCCCCCCCC)OC(=O)CCC/C=C\C/C=C\C/C=C\CC. The molecule has 0 spiro atoms. The summed E-state index contributed by atoms with van der Waals surface area (Å²) >= 11 is 0. The molecule has 0 saturated carbocycles. The number of hydrogen-bond acceptors (Lipinski definition) is 6. The average Bonchev–Trinajstić information content (AvgIpc) is 3.19. The van der Waals surface area contributed by atoms with Crippen molar-refractivity contribution >= 4 is 17.9 Å². The molecule has 0 saturated heterocycles. The predicted molar refractivity (Wildman–Crippen MR) is 237 cm³/mol.